The second-order valence-electron chi connectivity index (χ2n) is 5.72. The van der Waals surface area contributed by atoms with Gasteiger partial charge in [-0.05, 0) is 0 Å². The van der Waals surface area contributed by atoms with Crippen molar-refractivity contribution in [1.82, 2.24) is 4.98 Å². The van der Waals surface area contributed by atoms with Crippen molar-refractivity contribution >= 4 is 43.5 Å². The van der Waals surface area contributed by atoms with Crippen LogP contribution < -0.4 is 4.00 Å². The summed E-state index contributed by atoms with van der Waals surface area (Å²) in [6, 6.07) is 11.0. The summed E-state index contributed by atoms with van der Waals surface area (Å²) in [6.07, 6.45) is 7.98. The van der Waals surface area contributed by atoms with Crippen LogP contribution in [0.3, 0.4) is 0 Å². The van der Waals surface area contributed by atoms with Crippen LogP contribution in [0.2, 0.25) is 5.23 Å². The maximum atomic E-state index is 3.69. The molecule has 3 rings (SSSR count). The van der Waals surface area contributed by atoms with Gasteiger partial charge in [0.15, 0.2) is 0 Å². The van der Waals surface area contributed by atoms with E-state index in [0.717, 1.165) is 6.42 Å². The Balaban J connectivity index is 0.00000110. The summed E-state index contributed by atoms with van der Waals surface area (Å²) < 4.78 is 4.75. The molecule has 1 atom stereocenters. The smallest absolute Gasteiger partial charge is 0.147 e. The topological polar surface area (TPSA) is 15.8 Å². The minimum atomic E-state index is -2.29. The van der Waals surface area contributed by atoms with E-state index in [1.807, 2.05) is 0 Å². The maximum absolute atomic E-state index is 3.69. The number of H-pyrrole nitrogens is 1. The van der Waals surface area contributed by atoms with Gasteiger partial charge in [-0.3, -0.25) is 0 Å². The number of aromatic amines is 1. The molecule has 0 radical (unpaired) electrons. The summed E-state index contributed by atoms with van der Waals surface area (Å²) in [7, 11) is 0. The first kappa shape index (κ1) is 18.5. The Morgan fingerprint density at radius 2 is 1.86 bits per heavy atom. The molecule has 1 aliphatic carbocycles. The van der Waals surface area contributed by atoms with E-state index in [-0.39, 0.29) is 24.8 Å². The van der Waals surface area contributed by atoms with Crippen molar-refractivity contribution in [3.05, 3.63) is 52.4 Å². The SMILES string of the molecule is C[C](C)=[Ti]([CH3])([C]1=CC=CC1)[c]1cc2ccccc2[nH]1.Cl.Cl. The van der Waals surface area contributed by atoms with Gasteiger partial charge in [0, 0.05) is 0 Å². The molecule has 113 valence electrons. The zero-order valence-electron chi connectivity index (χ0n) is 12.6. The van der Waals surface area contributed by atoms with Crippen LogP contribution in [0.15, 0.2) is 52.4 Å². The molecule has 2 aromatic rings. The van der Waals surface area contributed by atoms with Crippen LogP contribution >= 0.6 is 24.8 Å². The van der Waals surface area contributed by atoms with Crippen molar-refractivity contribution in [3.63, 3.8) is 0 Å². The number of para-hydroxylation sites is 1. The number of hydrogen-bond donors (Lipinski definition) is 1. The first-order chi connectivity index (χ1) is 9.12. The van der Waals surface area contributed by atoms with Gasteiger partial charge in [-0.1, -0.05) is 0 Å². The van der Waals surface area contributed by atoms with E-state index in [2.05, 4.69) is 72.6 Å². The van der Waals surface area contributed by atoms with Crippen molar-refractivity contribution < 1.29 is 16.1 Å². The third-order valence-corrected chi connectivity index (χ3v) is 12.3. The van der Waals surface area contributed by atoms with Crippen LogP contribution in [-0.4, -0.2) is 8.80 Å². The molecular formula is C17H22Cl2NTi. The Bertz CT molecular complexity index is 716. The normalized spacial score (nSPS) is 15.9. The van der Waals surface area contributed by atoms with Crippen LogP contribution in [0.25, 0.3) is 10.9 Å². The minimum absolute atomic E-state index is 0. The average Bonchev–Trinajstić information content (AvgIpc) is 3.06. The van der Waals surface area contributed by atoms with Gasteiger partial charge in [-0.25, -0.2) is 0 Å². The van der Waals surface area contributed by atoms with Gasteiger partial charge in [0.25, 0.3) is 0 Å². The Kier molecular flexibility index (Phi) is 6.25. The largest absolute Gasteiger partial charge is 0.147 e. The molecule has 1 aromatic heterocycles. The monoisotopic (exact) mass is 358 g/mol. The molecule has 1 nitrogen and oxygen atoms in total. The second-order valence-corrected chi connectivity index (χ2v) is 12.6. The van der Waals surface area contributed by atoms with Crippen LogP contribution in [-0.2, 0) is 16.1 Å². The molecule has 21 heavy (non-hydrogen) atoms. The Labute approximate surface area is 142 Å². The number of benzene rings is 1. The molecular weight excluding hydrogens is 337 g/mol. The zero-order valence-corrected chi connectivity index (χ0v) is 15.8. The number of aromatic nitrogens is 1. The molecule has 0 amide bonds. The Morgan fingerprint density at radius 3 is 2.43 bits per heavy atom. The first-order valence-electron chi connectivity index (χ1n) is 6.87. The fourth-order valence-corrected chi connectivity index (χ4v) is 8.10. The molecule has 4 heteroatoms. The van der Waals surface area contributed by atoms with Crippen molar-refractivity contribution in [1.29, 1.82) is 0 Å². The number of halogens is 2. The average molecular weight is 359 g/mol. The summed E-state index contributed by atoms with van der Waals surface area (Å²) in [6.45, 7) is 4.62. The number of fused-ring (bicyclic) bond motifs is 1. The number of hydrogen-bond acceptors (Lipinski definition) is 0. The molecule has 0 fully saturated rings. The summed E-state index contributed by atoms with van der Waals surface area (Å²) >= 11 is -2.29. The molecule has 0 bridgehead atoms. The zero-order chi connectivity index (χ0) is 13.5. The van der Waals surface area contributed by atoms with E-state index in [4.69, 9.17) is 0 Å². The van der Waals surface area contributed by atoms with E-state index < -0.39 is 16.1 Å². The van der Waals surface area contributed by atoms with E-state index in [1.54, 1.807) is 7.69 Å². The van der Waals surface area contributed by atoms with Crippen molar-refractivity contribution in [2.24, 2.45) is 0 Å². The third kappa shape index (κ3) is 3.12. The Hall–Kier alpha value is -0.596. The van der Waals surface area contributed by atoms with Gasteiger partial charge in [0.2, 0.25) is 0 Å². The fourth-order valence-electron chi connectivity index (χ4n) is 2.92. The van der Waals surface area contributed by atoms with Crippen molar-refractivity contribution in [3.8, 4) is 0 Å². The van der Waals surface area contributed by atoms with Crippen LogP contribution in [0.5, 0.6) is 0 Å². The summed E-state index contributed by atoms with van der Waals surface area (Å²) in [5, 5.41) is 3.85. The van der Waals surface area contributed by atoms with Gasteiger partial charge < -0.3 is 0 Å². The van der Waals surface area contributed by atoms with Crippen molar-refractivity contribution in [2.45, 2.75) is 25.5 Å². The van der Waals surface area contributed by atoms with Gasteiger partial charge >= 0.3 is 118 Å². The van der Waals surface area contributed by atoms with Gasteiger partial charge in [0.05, 0.1) is 0 Å². The number of allylic oxidation sites excluding steroid dienone is 4. The molecule has 1 heterocycles. The molecule has 0 saturated heterocycles. The molecule has 0 aliphatic heterocycles. The molecule has 0 spiro atoms. The summed E-state index contributed by atoms with van der Waals surface area (Å²) in [4.78, 5) is 3.69. The molecule has 1 unspecified atom stereocenters. The summed E-state index contributed by atoms with van der Waals surface area (Å²) in [5.41, 5.74) is 1.27. The predicted molar refractivity (Wildman–Crippen MR) is 96.5 cm³/mol. The maximum Gasteiger partial charge on any atom is -0.147 e. The van der Waals surface area contributed by atoms with Gasteiger partial charge in [0.1, 0.15) is 0 Å². The van der Waals surface area contributed by atoms with Crippen LogP contribution in [0.1, 0.15) is 20.3 Å². The minimum Gasteiger partial charge on any atom is -0.147 e. The van der Waals surface area contributed by atoms with Crippen molar-refractivity contribution in [2.75, 3.05) is 0 Å². The predicted octanol–water partition coefficient (Wildman–Crippen LogP) is 4.89. The van der Waals surface area contributed by atoms with E-state index in [0.29, 0.717) is 0 Å². The Morgan fingerprint density at radius 1 is 1.14 bits per heavy atom. The van der Waals surface area contributed by atoms with Gasteiger partial charge in [-0.15, -0.1) is 24.8 Å². The van der Waals surface area contributed by atoms with E-state index >= 15 is 0 Å². The first-order valence-corrected chi connectivity index (χ1v) is 10.8. The number of rotatable bonds is 2. The number of nitrogens with one attached hydrogen (secondary N) is 1. The molecule has 1 aliphatic rings. The standard InChI is InChI=1S/C8H6N.C5H5.C3H6.CH3.2ClH.Ti/c1-2-4-8-7(3-1)5-6-9-8;1-2-4-5-3-1;1-3-2;;;;/h1-5,9H;1-3H,4H2;1-2H3;1H3;2*1H;. The van der Waals surface area contributed by atoms with Crippen LogP contribution in [0, 0.1) is 0 Å². The van der Waals surface area contributed by atoms with Crippen LogP contribution in [0.4, 0.5) is 0 Å². The summed E-state index contributed by atoms with van der Waals surface area (Å²) in [5.74, 6) is 0. The molecule has 1 aromatic carbocycles. The van der Waals surface area contributed by atoms with Gasteiger partial charge in [-0.2, -0.15) is 0 Å². The second kappa shape index (κ2) is 7.11. The van der Waals surface area contributed by atoms with E-state index in [9.17, 15) is 0 Å². The molecule has 0 saturated carbocycles. The fraction of sp³-hybridized carbons (Fsp3) is 0.235. The third-order valence-electron chi connectivity index (χ3n) is 4.48. The molecule has 1 N–H and O–H groups in total. The van der Waals surface area contributed by atoms with E-state index in [1.165, 1.54) is 14.9 Å². The quantitative estimate of drug-likeness (QED) is 0.735.